The van der Waals surface area contributed by atoms with E-state index in [1.807, 2.05) is 0 Å². The van der Waals surface area contributed by atoms with Crippen LogP contribution in [0.4, 0.5) is 4.39 Å². The second kappa shape index (κ2) is 5.07. The molecule has 1 amide bonds. The highest BCUT2D eigenvalue weighted by molar-refractivity contribution is 9.10. The number of carbonyl (C=O) groups excluding carboxylic acids is 1. The van der Waals surface area contributed by atoms with Crippen molar-refractivity contribution in [1.82, 2.24) is 4.90 Å². The highest BCUT2D eigenvalue weighted by Crippen LogP contribution is 2.16. The van der Waals surface area contributed by atoms with Crippen molar-refractivity contribution in [3.8, 4) is 0 Å². The van der Waals surface area contributed by atoms with Crippen molar-refractivity contribution < 1.29 is 9.18 Å². The Morgan fingerprint density at radius 1 is 1.67 bits per heavy atom. The molecule has 4 heteroatoms. The number of carbonyl (C=O) groups is 1. The molecular formula is C11H11BrFNO. The fourth-order valence-corrected chi connectivity index (χ4v) is 1.50. The summed E-state index contributed by atoms with van der Waals surface area (Å²) >= 11 is 3.20. The highest BCUT2D eigenvalue weighted by Gasteiger charge is 2.15. The van der Waals surface area contributed by atoms with Crippen LogP contribution in [-0.4, -0.2) is 24.4 Å². The Kier molecular flexibility index (Phi) is 4.03. The molecule has 2 nitrogen and oxygen atoms in total. The number of nitrogens with zero attached hydrogens (tertiary/aromatic N) is 1. The zero-order valence-corrected chi connectivity index (χ0v) is 9.92. The smallest absolute Gasteiger partial charge is 0.256 e. The average molecular weight is 272 g/mol. The van der Waals surface area contributed by atoms with Crippen molar-refractivity contribution in [3.63, 3.8) is 0 Å². The van der Waals surface area contributed by atoms with Gasteiger partial charge in [0.1, 0.15) is 5.82 Å². The van der Waals surface area contributed by atoms with Crippen molar-refractivity contribution >= 4 is 21.8 Å². The van der Waals surface area contributed by atoms with Gasteiger partial charge in [-0.2, -0.15) is 0 Å². The molecule has 0 aliphatic carbocycles. The van der Waals surface area contributed by atoms with E-state index in [1.165, 1.54) is 17.0 Å². The normalized spacial score (nSPS) is 9.80. The predicted octanol–water partition coefficient (Wildman–Crippen LogP) is 2.85. The summed E-state index contributed by atoms with van der Waals surface area (Å²) in [5.41, 5.74) is 0.0636. The first-order valence-corrected chi connectivity index (χ1v) is 5.17. The molecule has 0 atom stereocenters. The third kappa shape index (κ3) is 2.89. The van der Waals surface area contributed by atoms with Crippen LogP contribution in [0.15, 0.2) is 35.3 Å². The Hall–Kier alpha value is -1.16. The van der Waals surface area contributed by atoms with Gasteiger partial charge in [0.05, 0.1) is 5.56 Å². The molecule has 1 aromatic carbocycles. The molecule has 0 fully saturated rings. The summed E-state index contributed by atoms with van der Waals surface area (Å²) in [5.74, 6) is -0.868. The van der Waals surface area contributed by atoms with Gasteiger partial charge in [0, 0.05) is 18.1 Å². The summed E-state index contributed by atoms with van der Waals surface area (Å²) in [6.07, 6.45) is 1.59. The zero-order valence-electron chi connectivity index (χ0n) is 8.34. The van der Waals surface area contributed by atoms with Gasteiger partial charge in [0.2, 0.25) is 0 Å². The van der Waals surface area contributed by atoms with Gasteiger partial charge < -0.3 is 4.90 Å². The fourth-order valence-electron chi connectivity index (χ4n) is 1.14. The summed E-state index contributed by atoms with van der Waals surface area (Å²) in [5, 5.41) is 0. The maximum Gasteiger partial charge on any atom is 0.256 e. The van der Waals surface area contributed by atoms with Crippen molar-refractivity contribution in [2.45, 2.75) is 0 Å². The second-order valence-electron chi connectivity index (χ2n) is 3.10. The number of amides is 1. The maximum absolute atomic E-state index is 13.3. The lowest BCUT2D eigenvalue weighted by Crippen LogP contribution is -2.27. The summed E-state index contributed by atoms with van der Waals surface area (Å²) in [4.78, 5) is 13.1. The van der Waals surface area contributed by atoms with Crippen LogP contribution in [-0.2, 0) is 0 Å². The number of hydrogen-bond acceptors (Lipinski definition) is 1. The molecule has 0 spiro atoms. The molecular weight excluding hydrogens is 261 g/mol. The molecule has 0 saturated heterocycles. The first-order valence-electron chi connectivity index (χ1n) is 4.37. The van der Waals surface area contributed by atoms with E-state index in [4.69, 9.17) is 0 Å². The van der Waals surface area contributed by atoms with Crippen LogP contribution in [0.2, 0.25) is 0 Å². The summed E-state index contributed by atoms with van der Waals surface area (Å²) < 4.78 is 14.0. The SMILES string of the molecule is C=CCN(C)C(=O)c1cc(Br)ccc1F. The minimum atomic E-state index is -0.515. The van der Waals surface area contributed by atoms with Gasteiger partial charge >= 0.3 is 0 Å². The molecule has 0 heterocycles. The van der Waals surface area contributed by atoms with Crippen LogP contribution in [0, 0.1) is 5.82 Å². The first-order chi connectivity index (χ1) is 7.06. The monoisotopic (exact) mass is 271 g/mol. The van der Waals surface area contributed by atoms with Gasteiger partial charge in [0.15, 0.2) is 0 Å². The maximum atomic E-state index is 13.3. The third-order valence-electron chi connectivity index (χ3n) is 1.91. The van der Waals surface area contributed by atoms with E-state index < -0.39 is 5.82 Å². The van der Waals surface area contributed by atoms with Crippen LogP contribution in [0.3, 0.4) is 0 Å². The quantitative estimate of drug-likeness (QED) is 0.775. The van der Waals surface area contributed by atoms with Crippen LogP contribution >= 0.6 is 15.9 Å². The number of likely N-dealkylation sites (N-methyl/N-ethyl adjacent to an activating group) is 1. The lowest BCUT2D eigenvalue weighted by molar-refractivity contribution is 0.0805. The highest BCUT2D eigenvalue weighted by atomic mass is 79.9. The molecule has 80 valence electrons. The summed E-state index contributed by atoms with van der Waals surface area (Å²) in [6.45, 7) is 3.91. The minimum absolute atomic E-state index is 0.0636. The standard InChI is InChI=1S/C11H11BrFNO/c1-3-6-14(2)11(15)9-7-8(12)4-5-10(9)13/h3-5,7H,1,6H2,2H3. The Morgan fingerprint density at radius 2 is 2.33 bits per heavy atom. The van der Waals surface area contributed by atoms with E-state index in [9.17, 15) is 9.18 Å². The summed E-state index contributed by atoms with van der Waals surface area (Å²) in [7, 11) is 1.60. The van der Waals surface area contributed by atoms with Gasteiger partial charge in [0.25, 0.3) is 5.91 Å². The lowest BCUT2D eigenvalue weighted by atomic mass is 10.2. The molecule has 1 aromatic rings. The Labute approximate surface area is 96.5 Å². The molecule has 0 saturated carbocycles. The predicted molar refractivity (Wildman–Crippen MR) is 61.3 cm³/mol. The number of rotatable bonds is 3. The van der Waals surface area contributed by atoms with Crippen LogP contribution in [0.25, 0.3) is 0 Å². The molecule has 0 unspecified atom stereocenters. The first kappa shape index (κ1) is 11.9. The summed E-state index contributed by atoms with van der Waals surface area (Å²) in [6, 6.07) is 4.29. The Balaban J connectivity index is 2.99. The minimum Gasteiger partial charge on any atom is -0.338 e. The topological polar surface area (TPSA) is 20.3 Å². The van der Waals surface area contributed by atoms with Crippen molar-refractivity contribution in [3.05, 3.63) is 46.7 Å². The lowest BCUT2D eigenvalue weighted by Gasteiger charge is -2.15. The Morgan fingerprint density at radius 3 is 2.93 bits per heavy atom. The second-order valence-corrected chi connectivity index (χ2v) is 4.01. The Bertz CT molecular complexity index is 392. The van der Waals surface area contributed by atoms with Crippen LogP contribution in [0.1, 0.15) is 10.4 Å². The third-order valence-corrected chi connectivity index (χ3v) is 2.40. The molecule has 0 aromatic heterocycles. The molecule has 15 heavy (non-hydrogen) atoms. The van der Waals surface area contributed by atoms with Crippen molar-refractivity contribution in [2.24, 2.45) is 0 Å². The van der Waals surface area contributed by atoms with Gasteiger partial charge in [-0.1, -0.05) is 22.0 Å². The molecule has 0 N–H and O–H groups in total. The molecule has 0 aliphatic heterocycles. The molecule has 1 rings (SSSR count). The average Bonchev–Trinajstić information content (AvgIpc) is 2.21. The van der Waals surface area contributed by atoms with E-state index in [0.29, 0.717) is 11.0 Å². The van der Waals surface area contributed by atoms with Gasteiger partial charge in [-0.05, 0) is 18.2 Å². The van der Waals surface area contributed by atoms with E-state index >= 15 is 0 Å². The van der Waals surface area contributed by atoms with E-state index in [2.05, 4.69) is 22.5 Å². The molecule has 0 bridgehead atoms. The van der Waals surface area contributed by atoms with E-state index in [0.717, 1.165) is 0 Å². The number of benzene rings is 1. The van der Waals surface area contributed by atoms with E-state index in [-0.39, 0.29) is 11.5 Å². The van der Waals surface area contributed by atoms with Gasteiger partial charge in [-0.15, -0.1) is 6.58 Å². The van der Waals surface area contributed by atoms with Crippen LogP contribution < -0.4 is 0 Å². The van der Waals surface area contributed by atoms with Crippen LogP contribution in [0.5, 0.6) is 0 Å². The largest absolute Gasteiger partial charge is 0.338 e. The van der Waals surface area contributed by atoms with E-state index in [1.54, 1.807) is 19.2 Å². The molecule has 0 aliphatic rings. The van der Waals surface area contributed by atoms with Crippen molar-refractivity contribution in [2.75, 3.05) is 13.6 Å². The zero-order chi connectivity index (χ0) is 11.4. The van der Waals surface area contributed by atoms with Gasteiger partial charge in [-0.25, -0.2) is 4.39 Å². The van der Waals surface area contributed by atoms with Crippen molar-refractivity contribution in [1.29, 1.82) is 0 Å². The number of hydrogen-bond donors (Lipinski definition) is 0. The fraction of sp³-hybridized carbons (Fsp3) is 0.182. The van der Waals surface area contributed by atoms with Gasteiger partial charge in [-0.3, -0.25) is 4.79 Å². The molecule has 0 radical (unpaired) electrons. The number of halogens is 2.